The molecule has 164 valence electrons. The van der Waals surface area contributed by atoms with Crippen LogP contribution in [0.25, 0.3) is 11.3 Å². The van der Waals surface area contributed by atoms with Crippen molar-refractivity contribution in [3.05, 3.63) is 112 Å². The van der Waals surface area contributed by atoms with Gasteiger partial charge in [0.1, 0.15) is 18.1 Å². The van der Waals surface area contributed by atoms with Crippen molar-refractivity contribution in [1.82, 2.24) is 15.6 Å². The van der Waals surface area contributed by atoms with Crippen LogP contribution >= 0.6 is 0 Å². The molecular formula is C24H19N5O4. The average Bonchev–Trinajstić information content (AvgIpc) is 3.34. The zero-order valence-corrected chi connectivity index (χ0v) is 17.3. The molecule has 0 spiro atoms. The topological polar surface area (TPSA) is 123 Å². The monoisotopic (exact) mass is 441 g/mol. The van der Waals surface area contributed by atoms with Crippen LogP contribution in [0.3, 0.4) is 0 Å². The van der Waals surface area contributed by atoms with Gasteiger partial charge >= 0.3 is 0 Å². The summed E-state index contributed by atoms with van der Waals surface area (Å²) in [7, 11) is 0. The first kappa shape index (κ1) is 21.4. The van der Waals surface area contributed by atoms with Crippen molar-refractivity contribution < 1.29 is 14.5 Å². The summed E-state index contributed by atoms with van der Waals surface area (Å²) in [5, 5.41) is 21.5. The number of carbonyl (C=O) groups is 1. The number of hydrazone groups is 1. The van der Waals surface area contributed by atoms with Crippen LogP contribution < -0.4 is 10.2 Å². The van der Waals surface area contributed by atoms with Gasteiger partial charge < -0.3 is 4.74 Å². The number of amides is 1. The molecule has 2 N–H and O–H groups in total. The number of hydrogen-bond donors (Lipinski definition) is 2. The number of benzene rings is 3. The van der Waals surface area contributed by atoms with Crippen LogP contribution in [-0.2, 0) is 6.61 Å². The summed E-state index contributed by atoms with van der Waals surface area (Å²) in [6.07, 6.45) is 1.39. The van der Waals surface area contributed by atoms with E-state index in [0.29, 0.717) is 23.6 Å². The second-order valence-electron chi connectivity index (χ2n) is 6.99. The number of ether oxygens (including phenoxy) is 1. The molecule has 1 heterocycles. The molecule has 0 saturated heterocycles. The maximum atomic E-state index is 12.4. The standard InChI is InChI=1S/C24H19N5O4/c30-24(28-25-15-17-10-12-19(13-11-17)29(31)32)22-14-21(26-27-22)20-8-4-5-9-23(20)33-16-18-6-2-1-3-7-18/h1-15H,16H2,(H,26,27)(H,28,30)/b25-15+. The summed E-state index contributed by atoms with van der Waals surface area (Å²) in [4.78, 5) is 22.6. The Bertz CT molecular complexity index is 1280. The van der Waals surface area contributed by atoms with E-state index in [0.717, 1.165) is 11.1 Å². The van der Waals surface area contributed by atoms with E-state index in [-0.39, 0.29) is 11.4 Å². The third-order valence-corrected chi connectivity index (χ3v) is 4.71. The number of para-hydroxylation sites is 1. The molecule has 1 aromatic heterocycles. The number of nitrogens with one attached hydrogen (secondary N) is 2. The smallest absolute Gasteiger partial charge is 0.289 e. The third kappa shape index (κ3) is 5.47. The minimum absolute atomic E-state index is 0.0193. The van der Waals surface area contributed by atoms with Crippen molar-refractivity contribution in [3.63, 3.8) is 0 Å². The van der Waals surface area contributed by atoms with Gasteiger partial charge in [-0.05, 0) is 41.5 Å². The van der Waals surface area contributed by atoms with E-state index >= 15 is 0 Å². The zero-order valence-electron chi connectivity index (χ0n) is 17.3. The molecule has 4 aromatic rings. The van der Waals surface area contributed by atoms with Crippen molar-refractivity contribution in [2.75, 3.05) is 0 Å². The van der Waals surface area contributed by atoms with Crippen LogP contribution in [-0.4, -0.2) is 27.2 Å². The van der Waals surface area contributed by atoms with Crippen LogP contribution in [0.2, 0.25) is 0 Å². The number of aromatic amines is 1. The molecule has 3 aromatic carbocycles. The lowest BCUT2D eigenvalue weighted by Gasteiger charge is -2.10. The number of H-pyrrole nitrogens is 1. The molecule has 4 rings (SSSR count). The Morgan fingerprint density at radius 2 is 1.79 bits per heavy atom. The van der Waals surface area contributed by atoms with Crippen molar-refractivity contribution in [2.45, 2.75) is 6.61 Å². The molecule has 33 heavy (non-hydrogen) atoms. The van der Waals surface area contributed by atoms with E-state index in [2.05, 4.69) is 20.7 Å². The van der Waals surface area contributed by atoms with Gasteiger partial charge in [0.05, 0.1) is 16.8 Å². The molecule has 1 amide bonds. The largest absolute Gasteiger partial charge is 0.488 e. The zero-order chi connectivity index (χ0) is 23.0. The molecule has 9 heteroatoms. The Labute approximate surface area is 188 Å². The van der Waals surface area contributed by atoms with Gasteiger partial charge in [0.15, 0.2) is 0 Å². The average molecular weight is 441 g/mol. The first-order valence-electron chi connectivity index (χ1n) is 9.99. The molecule has 0 aliphatic rings. The van der Waals surface area contributed by atoms with Crippen molar-refractivity contribution in [3.8, 4) is 17.0 Å². The van der Waals surface area contributed by atoms with E-state index in [1.54, 1.807) is 6.07 Å². The predicted octanol–water partition coefficient (Wildman–Crippen LogP) is 4.33. The molecule has 0 radical (unpaired) electrons. The summed E-state index contributed by atoms with van der Waals surface area (Å²) >= 11 is 0. The van der Waals surface area contributed by atoms with E-state index in [1.807, 2.05) is 54.6 Å². The maximum absolute atomic E-state index is 12.4. The molecule has 0 saturated carbocycles. The lowest BCUT2D eigenvalue weighted by molar-refractivity contribution is -0.384. The third-order valence-electron chi connectivity index (χ3n) is 4.71. The SMILES string of the molecule is O=C(N/N=C/c1ccc([N+](=O)[O-])cc1)c1cc(-c2ccccc2OCc2ccccc2)n[nH]1. The second kappa shape index (κ2) is 10.0. The number of non-ortho nitro benzene ring substituents is 1. The maximum Gasteiger partial charge on any atom is 0.289 e. The summed E-state index contributed by atoms with van der Waals surface area (Å²) in [5.74, 6) is 0.172. The van der Waals surface area contributed by atoms with Gasteiger partial charge in [-0.1, -0.05) is 42.5 Å². The number of carbonyl (C=O) groups excluding carboxylic acids is 1. The molecule has 9 nitrogen and oxygen atoms in total. The Morgan fingerprint density at radius 3 is 2.55 bits per heavy atom. The molecule has 0 aliphatic heterocycles. The molecule has 0 aliphatic carbocycles. The van der Waals surface area contributed by atoms with Gasteiger partial charge in [-0.2, -0.15) is 10.2 Å². The minimum atomic E-state index is -0.483. The van der Waals surface area contributed by atoms with Crippen LogP contribution in [0.5, 0.6) is 5.75 Å². The Kier molecular flexibility index (Phi) is 6.51. The van der Waals surface area contributed by atoms with Crippen molar-refractivity contribution >= 4 is 17.8 Å². The lowest BCUT2D eigenvalue weighted by atomic mass is 10.1. The summed E-state index contributed by atoms with van der Waals surface area (Å²) in [5.41, 5.74) is 5.57. The highest BCUT2D eigenvalue weighted by molar-refractivity contribution is 5.94. The number of nitrogens with zero attached hydrogens (tertiary/aromatic N) is 3. The molecule has 0 atom stereocenters. The number of nitro benzene ring substituents is 1. The van der Waals surface area contributed by atoms with Gasteiger partial charge in [0.2, 0.25) is 0 Å². The highest BCUT2D eigenvalue weighted by atomic mass is 16.6. The van der Waals surface area contributed by atoms with E-state index in [1.165, 1.54) is 30.5 Å². The predicted molar refractivity (Wildman–Crippen MR) is 123 cm³/mol. The first-order valence-corrected chi connectivity index (χ1v) is 9.99. The fraction of sp³-hybridized carbons (Fsp3) is 0.0417. The molecule has 0 fully saturated rings. The van der Waals surface area contributed by atoms with E-state index in [4.69, 9.17) is 4.74 Å². The van der Waals surface area contributed by atoms with E-state index < -0.39 is 10.8 Å². The summed E-state index contributed by atoms with van der Waals surface area (Å²) in [6, 6.07) is 24.7. The van der Waals surface area contributed by atoms with Crippen molar-refractivity contribution in [2.24, 2.45) is 5.10 Å². The Morgan fingerprint density at radius 1 is 1.06 bits per heavy atom. The lowest BCUT2D eigenvalue weighted by Crippen LogP contribution is -2.18. The Hall–Kier alpha value is -4.79. The van der Waals surface area contributed by atoms with Crippen LogP contribution in [0.1, 0.15) is 21.6 Å². The fourth-order valence-corrected chi connectivity index (χ4v) is 3.02. The van der Waals surface area contributed by atoms with Crippen LogP contribution in [0.4, 0.5) is 5.69 Å². The number of hydrogen-bond acceptors (Lipinski definition) is 6. The van der Waals surface area contributed by atoms with Gasteiger partial charge in [-0.3, -0.25) is 20.0 Å². The normalized spacial score (nSPS) is 10.8. The highest BCUT2D eigenvalue weighted by Gasteiger charge is 2.14. The first-order chi connectivity index (χ1) is 16.1. The molecule has 0 bridgehead atoms. The number of rotatable bonds is 8. The van der Waals surface area contributed by atoms with Gasteiger partial charge in [0.25, 0.3) is 11.6 Å². The highest BCUT2D eigenvalue weighted by Crippen LogP contribution is 2.29. The fourth-order valence-electron chi connectivity index (χ4n) is 3.02. The van der Waals surface area contributed by atoms with Crippen molar-refractivity contribution in [1.29, 1.82) is 0 Å². The van der Waals surface area contributed by atoms with Crippen LogP contribution in [0, 0.1) is 10.1 Å². The van der Waals surface area contributed by atoms with Crippen LogP contribution in [0.15, 0.2) is 90.0 Å². The molecular weight excluding hydrogens is 422 g/mol. The second-order valence-corrected chi connectivity index (χ2v) is 6.99. The summed E-state index contributed by atoms with van der Waals surface area (Å²) < 4.78 is 5.96. The number of nitro groups is 1. The molecule has 0 unspecified atom stereocenters. The van der Waals surface area contributed by atoms with E-state index in [9.17, 15) is 14.9 Å². The van der Waals surface area contributed by atoms with Gasteiger partial charge in [-0.15, -0.1) is 0 Å². The summed E-state index contributed by atoms with van der Waals surface area (Å²) in [6.45, 7) is 0.410. The quantitative estimate of drug-likeness (QED) is 0.239. The minimum Gasteiger partial charge on any atom is -0.488 e. The van der Waals surface area contributed by atoms with Gasteiger partial charge in [-0.25, -0.2) is 5.43 Å². The number of aromatic nitrogens is 2. The van der Waals surface area contributed by atoms with Gasteiger partial charge in [0, 0.05) is 17.7 Å². The Balaban J connectivity index is 1.41.